The van der Waals surface area contributed by atoms with E-state index in [1.165, 1.54) is 0 Å². The molecule has 6 heteroatoms. The van der Waals surface area contributed by atoms with Crippen molar-refractivity contribution < 1.29 is 9.84 Å². The van der Waals surface area contributed by atoms with Crippen LogP contribution in [0.5, 0.6) is 17.4 Å². The summed E-state index contributed by atoms with van der Waals surface area (Å²) < 4.78 is 7.79. The third-order valence-corrected chi connectivity index (χ3v) is 4.91. The average molecular weight is 382 g/mol. The highest BCUT2D eigenvalue weighted by atomic mass is 35.5. The van der Waals surface area contributed by atoms with E-state index in [4.69, 9.17) is 21.7 Å². The van der Waals surface area contributed by atoms with Gasteiger partial charge in [-0.1, -0.05) is 43.6 Å². The topological polar surface area (TPSA) is 71.1 Å². The molecule has 0 aliphatic carbocycles. The van der Waals surface area contributed by atoms with Crippen LogP contribution in [0.1, 0.15) is 36.5 Å². The lowest BCUT2D eigenvalue weighted by atomic mass is 9.84. The van der Waals surface area contributed by atoms with Crippen molar-refractivity contribution in [2.75, 3.05) is 0 Å². The number of rotatable bonds is 3. The van der Waals surface area contributed by atoms with E-state index >= 15 is 0 Å². The highest BCUT2D eigenvalue weighted by Gasteiger charge is 2.32. The molecule has 4 rings (SSSR count). The molecule has 2 aromatic carbocycles. The molecule has 0 fully saturated rings. The van der Waals surface area contributed by atoms with Gasteiger partial charge in [-0.15, -0.1) is 0 Å². The number of phenols is 1. The van der Waals surface area contributed by atoms with E-state index in [0.29, 0.717) is 34.6 Å². The predicted octanol–water partition coefficient (Wildman–Crippen LogP) is 4.66. The standard InChI is InChI=1S/C21H20ClN3O2/c1-12(2)10-25-11-24-21-19(20(25)23)18(13-3-5-14(22)6-4-13)16-8-7-15(26)9-17(16)27-21/h3-9,11-12,18,23,26H,10H2,1-2H3. The van der Waals surface area contributed by atoms with Gasteiger partial charge in [-0.2, -0.15) is 0 Å². The van der Waals surface area contributed by atoms with Crippen molar-refractivity contribution in [2.45, 2.75) is 26.3 Å². The number of fused-ring (bicyclic) bond motifs is 2. The molecule has 27 heavy (non-hydrogen) atoms. The van der Waals surface area contributed by atoms with Crippen molar-refractivity contribution in [2.24, 2.45) is 5.92 Å². The Balaban J connectivity index is 1.96. The van der Waals surface area contributed by atoms with E-state index in [0.717, 1.165) is 16.7 Å². The van der Waals surface area contributed by atoms with Gasteiger partial charge in [0.15, 0.2) is 0 Å². The molecule has 1 atom stereocenters. The summed E-state index contributed by atoms with van der Waals surface area (Å²) in [6.07, 6.45) is 1.65. The Kier molecular flexibility index (Phi) is 4.40. The Morgan fingerprint density at radius 1 is 1.22 bits per heavy atom. The molecule has 0 radical (unpaired) electrons. The number of halogens is 1. The van der Waals surface area contributed by atoms with Gasteiger partial charge in [0.25, 0.3) is 0 Å². The fourth-order valence-electron chi connectivity index (χ4n) is 3.49. The molecule has 1 aliphatic heterocycles. The first-order chi connectivity index (χ1) is 12.9. The molecule has 138 valence electrons. The summed E-state index contributed by atoms with van der Waals surface area (Å²) in [4.78, 5) is 4.47. The quantitative estimate of drug-likeness (QED) is 0.542. The summed E-state index contributed by atoms with van der Waals surface area (Å²) in [7, 11) is 0. The Morgan fingerprint density at radius 3 is 2.67 bits per heavy atom. The lowest BCUT2D eigenvalue weighted by Crippen LogP contribution is -2.30. The molecule has 5 nitrogen and oxygen atoms in total. The molecule has 0 amide bonds. The maximum atomic E-state index is 9.87. The van der Waals surface area contributed by atoms with Gasteiger partial charge in [0.1, 0.15) is 23.3 Å². The lowest BCUT2D eigenvalue weighted by molar-refractivity contribution is 0.407. The minimum atomic E-state index is -0.221. The smallest absolute Gasteiger partial charge is 0.228 e. The zero-order valence-electron chi connectivity index (χ0n) is 15.1. The fraction of sp³-hybridized carbons (Fsp3) is 0.238. The Labute approximate surface area is 162 Å². The van der Waals surface area contributed by atoms with Crippen LogP contribution in [-0.2, 0) is 6.54 Å². The maximum Gasteiger partial charge on any atom is 0.228 e. The Hall–Kier alpha value is -2.79. The number of ether oxygens (including phenoxy) is 1. The van der Waals surface area contributed by atoms with Crippen LogP contribution in [0.3, 0.4) is 0 Å². The summed E-state index contributed by atoms with van der Waals surface area (Å²) in [5.41, 5.74) is 2.99. The van der Waals surface area contributed by atoms with Crippen molar-refractivity contribution in [3.63, 3.8) is 0 Å². The van der Waals surface area contributed by atoms with Crippen molar-refractivity contribution in [1.29, 1.82) is 5.41 Å². The minimum absolute atomic E-state index is 0.129. The molecule has 0 saturated heterocycles. The van der Waals surface area contributed by atoms with Crippen LogP contribution < -0.4 is 10.2 Å². The Morgan fingerprint density at radius 2 is 1.96 bits per heavy atom. The molecule has 0 spiro atoms. The molecule has 3 aromatic rings. The zero-order chi connectivity index (χ0) is 19.1. The monoisotopic (exact) mass is 381 g/mol. The normalized spacial score (nSPS) is 15.2. The van der Waals surface area contributed by atoms with Crippen LogP contribution >= 0.6 is 11.6 Å². The van der Waals surface area contributed by atoms with E-state index in [-0.39, 0.29) is 11.7 Å². The van der Waals surface area contributed by atoms with Gasteiger partial charge in [-0.25, -0.2) is 4.98 Å². The largest absolute Gasteiger partial charge is 0.508 e. The van der Waals surface area contributed by atoms with Crippen molar-refractivity contribution in [1.82, 2.24) is 9.55 Å². The summed E-state index contributed by atoms with van der Waals surface area (Å²) in [5.74, 6) is 1.25. The summed E-state index contributed by atoms with van der Waals surface area (Å²) in [6, 6.07) is 12.7. The van der Waals surface area contributed by atoms with Crippen LogP contribution in [-0.4, -0.2) is 14.7 Å². The third-order valence-electron chi connectivity index (χ3n) is 4.66. The number of nitrogens with zero attached hydrogens (tertiary/aromatic N) is 2. The maximum absolute atomic E-state index is 9.87. The van der Waals surface area contributed by atoms with Gasteiger partial charge < -0.3 is 14.4 Å². The molecular weight excluding hydrogens is 362 g/mol. The number of nitrogens with one attached hydrogen (secondary N) is 1. The molecule has 0 bridgehead atoms. The lowest BCUT2D eigenvalue weighted by Gasteiger charge is -2.28. The summed E-state index contributed by atoms with van der Waals surface area (Å²) in [6.45, 7) is 4.92. The van der Waals surface area contributed by atoms with E-state index < -0.39 is 0 Å². The first-order valence-corrected chi connectivity index (χ1v) is 9.22. The van der Waals surface area contributed by atoms with Gasteiger partial charge in [0, 0.05) is 29.1 Å². The number of phenolic OH excluding ortho intramolecular Hbond substituents is 1. The zero-order valence-corrected chi connectivity index (χ0v) is 15.9. The van der Waals surface area contributed by atoms with Gasteiger partial charge in [-0.3, -0.25) is 5.41 Å². The average Bonchev–Trinajstić information content (AvgIpc) is 2.63. The molecule has 1 aromatic heterocycles. The van der Waals surface area contributed by atoms with Crippen molar-refractivity contribution in [3.05, 3.63) is 76.0 Å². The van der Waals surface area contributed by atoms with Gasteiger partial charge in [0.2, 0.25) is 5.88 Å². The van der Waals surface area contributed by atoms with Gasteiger partial charge in [0.05, 0.1) is 5.56 Å². The first kappa shape index (κ1) is 17.6. The molecule has 1 unspecified atom stereocenters. The van der Waals surface area contributed by atoms with Crippen molar-refractivity contribution >= 4 is 11.6 Å². The highest BCUT2D eigenvalue weighted by molar-refractivity contribution is 6.30. The van der Waals surface area contributed by atoms with Crippen LogP contribution in [0.25, 0.3) is 0 Å². The second-order valence-corrected chi connectivity index (χ2v) is 7.60. The number of aromatic nitrogens is 2. The van der Waals surface area contributed by atoms with Crippen molar-refractivity contribution in [3.8, 4) is 17.4 Å². The van der Waals surface area contributed by atoms with E-state index in [1.807, 2.05) is 34.9 Å². The van der Waals surface area contributed by atoms with Crippen LogP contribution in [0.15, 0.2) is 48.8 Å². The highest BCUT2D eigenvalue weighted by Crippen LogP contribution is 2.46. The van der Waals surface area contributed by atoms with Crippen LogP contribution in [0.4, 0.5) is 0 Å². The molecule has 2 heterocycles. The molecule has 0 saturated carbocycles. The fourth-order valence-corrected chi connectivity index (χ4v) is 3.62. The summed E-state index contributed by atoms with van der Waals surface area (Å²) >= 11 is 6.07. The van der Waals surface area contributed by atoms with E-state index in [2.05, 4.69) is 18.8 Å². The van der Waals surface area contributed by atoms with E-state index in [9.17, 15) is 5.11 Å². The predicted molar refractivity (Wildman–Crippen MR) is 103 cm³/mol. The van der Waals surface area contributed by atoms with Crippen LogP contribution in [0, 0.1) is 11.3 Å². The van der Waals surface area contributed by atoms with Gasteiger partial charge >= 0.3 is 0 Å². The van der Waals surface area contributed by atoms with E-state index in [1.54, 1.807) is 18.5 Å². The third kappa shape index (κ3) is 3.19. The Bertz CT molecular complexity index is 1060. The summed E-state index contributed by atoms with van der Waals surface area (Å²) in [5, 5.41) is 19.3. The number of hydrogen-bond donors (Lipinski definition) is 2. The number of benzene rings is 2. The second-order valence-electron chi connectivity index (χ2n) is 7.17. The molecule has 1 aliphatic rings. The minimum Gasteiger partial charge on any atom is -0.508 e. The SMILES string of the molecule is CC(C)Cn1cnc2c(c1=N)C(c1ccc(Cl)cc1)c1ccc(O)cc1O2. The van der Waals surface area contributed by atoms with Crippen LogP contribution in [0.2, 0.25) is 5.02 Å². The number of aromatic hydroxyl groups is 1. The number of hydrogen-bond acceptors (Lipinski definition) is 4. The van der Waals surface area contributed by atoms with Gasteiger partial charge in [-0.05, 0) is 29.7 Å². The molecular formula is C21H20ClN3O2. The second kappa shape index (κ2) is 6.74. The molecule has 2 N–H and O–H groups in total. The first-order valence-electron chi connectivity index (χ1n) is 8.84.